The summed E-state index contributed by atoms with van der Waals surface area (Å²) in [5.41, 5.74) is 2.23. The number of rotatable bonds is 15. The SMILES string of the molecule is CCOC(=O)C(Cc1ccc(N(CCCl)CCCl)cc1)NC(=O)C(Cc1ccc([N+](=O)[O-])cc1)NC(C)=O. The van der Waals surface area contributed by atoms with Crippen molar-refractivity contribution in [3.05, 3.63) is 69.8 Å². The molecule has 0 aliphatic carbocycles. The molecule has 0 saturated carbocycles. The normalized spacial score (nSPS) is 12.2. The predicted molar refractivity (Wildman–Crippen MR) is 147 cm³/mol. The van der Waals surface area contributed by atoms with Crippen molar-refractivity contribution in [1.29, 1.82) is 0 Å². The van der Waals surface area contributed by atoms with Crippen LogP contribution in [0, 0.1) is 10.1 Å². The Bertz CT molecular complexity index is 1080. The second-order valence-corrected chi connectivity index (χ2v) is 9.19. The molecule has 0 saturated heterocycles. The van der Waals surface area contributed by atoms with Gasteiger partial charge in [0.05, 0.1) is 11.5 Å². The van der Waals surface area contributed by atoms with Crippen molar-refractivity contribution in [3.8, 4) is 0 Å². The lowest BCUT2D eigenvalue weighted by molar-refractivity contribution is -0.384. The summed E-state index contributed by atoms with van der Waals surface area (Å²) in [5.74, 6) is -0.722. The number of esters is 1. The van der Waals surface area contributed by atoms with Gasteiger partial charge < -0.3 is 20.3 Å². The molecule has 0 fully saturated rings. The highest BCUT2D eigenvalue weighted by Gasteiger charge is 2.28. The fraction of sp³-hybridized carbons (Fsp3) is 0.423. The van der Waals surface area contributed by atoms with Gasteiger partial charge >= 0.3 is 5.97 Å². The molecular formula is C26H32Cl2N4O6. The number of alkyl halides is 2. The first-order valence-corrected chi connectivity index (χ1v) is 13.2. The fourth-order valence-electron chi connectivity index (χ4n) is 3.81. The van der Waals surface area contributed by atoms with E-state index in [0.29, 0.717) is 30.4 Å². The minimum absolute atomic E-state index is 0.0740. The zero-order valence-electron chi connectivity index (χ0n) is 21.3. The van der Waals surface area contributed by atoms with Gasteiger partial charge in [-0.15, -0.1) is 23.2 Å². The van der Waals surface area contributed by atoms with Crippen LogP contribution in [-0.2, 0) is 32.0 Å². The number of carbonyl (C=O) groups is 3. The summed E-state index contributed by atoms with van der Waals surface area (Å²) in [6.07, 6.45) is 0.241. The highest BCUT2D eigenvalue weighted by atomic mass is 35.5. The van der Waals surface area contributed by atoms with E-state index >= 15 is 0 Å². The van der Waals surface area contributed by atoms with Crippen molar-refractivity contribution in [1.82, 2.24) is 10.6 Å². The lowest BCUT2D eigenvalue weighted by atomic mass is 10.0. The third-order valence-corrected chi connectivity index (χ3v) is 5.96. The Labute approximate surface area is 231 Å². The van der Waals surface area contributed by atoms with Crippen LogP contribution in [0.3, 0.4) is 0 Å². The Balaban J connectivity index is 2.19. The summed E-state index contributed by atoms with van der Waals surface area (Å²) in [7, 11) is 0. The highest BCUT2D eigenvalue weighted by molar-refractivity contribution is 6.18. The Morgan fingerprint density at radius 3 is 1.92 bits per heavy atom. The molecular weight excluding hydrogens is 535 g/mol. The number of nitrogens with one attached hydrogen (secondary N) is 2. The molecule has 12 heteroatoms. The first-order chi connectivity index (χ1) is 18.2. The monoisotopic (exact) mass is 566 g/mol. The molecule has 0 radical (unpaired) electrons. The van der Waals surface area contributed by atoms with Gasteiger partial charge in [-0.25, -0.2) is 4.79 Å². The molecule has 2 amide bonds. The van der Waals surface area contributed by atoms with Gasteiger partial charge in [-0.1, -0.05) is 24.3 Å². The van der Waals surface area contributed by atoms with E-state index in [2.05, 4.69) is 10.6 Å². The zero-order chi connectivity index (χ0) is 28.1. The van der Waals surface area contributed by atoms with E-state index in [1.54, 1.807) is 6.92 Å². The van der Waals surface area contributed by atoms with Crippen LogP contribution in [0.4, 0.5) is 11.4 Å². The third kappa shape index (κ3) is 9.83. The lowest BCUT2D eigenvalue weighted by Gasteiger charge is -2.24. The van der Waals surface area contributed by atoms with Gasteiger partial charge in [0.2, 0.25) is 11.8 Å². The second-order valence-electron chi connectivity index (χ2n) is 8.43. The van der Waals surface area contributed by atoms with Gasteiger partial charge in [-0.2, -0.15) is 0 Å². The lowest BCUT2D eigenvalue weighted by Crippen LogP contribution is -2.53. The van der Waals surface area contributed by atoms with Gasteiger partial charge in [-0.3, -0.25) is 19.7 Å². The van der Waals surface area contributed by atoms with E-state index in [-0.39, 0.29) is 25.1 Å². The summed E-state index contributed by atoms with van der Waals surface area (Å²) in [6, 6.07) is 11.2. The molecule has 2 atom stereocenters. The molecule has 2 rings (SSSR count). The second kappa shape index (κ2) is 15.8. The van der Waals surface area contributed by atoms with E-state index in [1.165, 1.54) is 31.2 Å². The molecule has 2 N–H and O–H groups in total. The van der Waals surface area contributed by atoms with Crippen molar-refractivity contribution in [2.45, 2.75) is 38.8 Å². The molecule has 0 heterocycles. The van der Waals surface area contributed by atoms with Crippen LogP contribution >= 0.6 is 23.2 Å². The van der Waals surface area contributed by atoms with E-state index in [4.69, 9.17) is 27.9 Å². The summed E-state index contributed by atoms with van der Waals surface area (Å²) in [5, 5.41) is 16.2. The van der Waals surface area contributed by atoms with Crippen LogP contribution in [0.1, 0.15) is 25.0 Å². The van der Waals surface area contributed by atoms with Crippen LogP contribution in [0.2, 0.25) is 0 Å². The Morgan fingerprint density at radius 2 is 1.45 bits per heavy atom. The minimum Gasteiger partial charge on any atom is -0.464 e. The minimum atomic E-state index is -1.01. The molecule has 0 aliphatic heterocycles. The summed E-state index contributed by atoms with van der Waals surface area (Å²) in [6.45, 7) is 4.34. The van der Waals surface area contributed by atoms with Crippen LogP contribution in [0.15, 0.2) is 48.5 Å². The summed E-state index contributed by atoms with van der Waals surface area (Å²) in [4.78, 5) is 50.1. The average Bonchev–Trinajstić information content (AvgIpc) is 2.88. The average molecular weight is 567 g/mol. The van der Waals surface area contributed by atoms with Crippen molar-refractivity contribution < 1.29 is 24.0 Å². The Morgan fingerprint density at radius 1 is 0.921 bits per heavy atom. The number of non-ortho nitro benzene ring substituents is 1. The smallest absolute Gasteiger partial charge is 0.328 e. The first kappa shape index (κ1) is 30.9. The standard InChI is InChI=1S/C26H32Cl2N4O6/c1-3-38-26(35)24(17-20-4-8-21(9-5-20)31(14-12-27)15-13-28)30-25(34)23(29-18(2)33)16-19-6-10-22(11-7-19)32(36)37/h4-11,23-24H,3,12-17H2,1-2H3,(H,29,33)(H,30,34). The van der Waals surface area contributed by atoms with Crippen molar-refractivity contribution >= 4 is 52.4 Å². The number of nitro benzene ring substituents is 1. The van der Waals surface area contributed by atoms with Gasteiger partial charge in [0.1, 0.15) is 12.1 Å². The molecule has 10 nitrogen and oxygen atoms in total. The van der Waals surface area contributed by atoms with E-state index in [9.17, 15) is 24.5 Å². The van der Waals surface area contributed by atoms with Crippen molar-refractivity contribution in [2.24, 2.45) is 0 Å². The topological polar surface area (TPSA) is 131 Å². The number of amides is 2. The zero-order valence-corrected chi connectivity index (χ0v) is 22.8. The number of benzene rings is 2. The largest absolute Gasteiger partial charge is 0.464 e. The number of hydrogen-bond donors (Lipinski definition) is 2. The Kier molecular flexibility index (Phi) is 12.8. The molecule has 206 valence electrons. The van der Waals surface area contributed by atoms with Crippen LogP contribution < -0.4 is 15.5 Å². The molecule has 0 aromatic heterocycles. The summed E-state index contributed by atoms with van der Waals surface area (Å²) >= 11 is 11.8. The molecule has 2 aromatic carbocycles. The number of anilines is 1. The molecule has 2 aromatic rings. The molecule has 0 aliphatic rings. The molecule has 0 bridgehead atoms. The number of hydrogen-bond acceptors (Lipinski definition) is 7. The van der Waals surface area contributed by atoms with Crippen molar-refractivity contribution in [3.63, 3.8) is 0 Å². The molecule has 38 heavy (non-hydrogen) atoms. The third-order valence-electron chi connectivity index (χ3n) is 5.62. The quantitative estimate of drug-likeness (QED) is 0.146. The molecule has 2 unspecified atom stereocenters. The number of halogens is 2. The molecule has 0 spiro atoms. The van der Waals surface area contributed by atoms with E-state index in [0.717, 1.165) is 11.3 Å². The van der Waals surface area contributed by atoms with E-state index in [1.807, 2.05) is 29.2 Å². The fourth-order valence-corrected chi connectivity index (χ4v) is 4.21. The van der Waals surface area contributed by atoms with Gasteiger partial charge in [0.15, 0.2) is 0 Å². The van der Waals surface area contributed by atoms with Crippen LogP contribution in [-0.4, -0.2) is 66.2 Å². The predicted octanol–water partition coefficient (Wildman–Crippen LogP) is 3.22. The summed E-state index contributed by atoms with van der Waals surface area (Å²) < 4.78 is 5.18. The van der Waals surface area contributed by atoms with Gasteiger partial charge in [0.25, 0.3) is 5.69 Å². The number of nitrogens with zero attached hydrogens (tertiary/aromatic N) is 2. The first-order valence-electron chi connectivity index (χ1n) is 12.1. The number of nitro groups is 1. The van der Waals surface area contributed by atoms with E-state index < -0.39 is 34.8 Å². The van der Waals surface area contributed by atoms with Gasteiger partial charge in [0, 0.05) is 62.4 Å². The number of ether oxygens (including phenoxy) is 1. The van der Waals surface area contributed by atoms with Crippen molar-refractivity contribution in [2.75, 3.05) is 36.4 Å². The van der Waals surface area contributed by atoms with Crippen LogP contribution in [0.5, 0.6) is 0 Å². The highest BCUT2D eigenvalue weighted by Crippen LogP contribution is 2.18. The maximum Gasteiger partial charge on any atom is 0.328 e. The Hall–Kier alpha value is -3.37. The number of carbonyl (C=O) groups excluding carboxylic acids is 3. The van der Waals surface area contributed by atoms with Gasteiger partial charge in [-0.05, 0) is 30.2 Å². The maximum absolute atomic E-state index is 13.2. The maximum atomic E-state index is 13.2. The van der Waals surface area contributed by atoms with Crippen LogP contribution in [0.25, 0.3) is 0 Å².